The number of aromatic nitrogens is 2. The highest BCUT2D eigenvalue weighted by Gasteiger charge is 2.16. The van der Waals surface area contributed by atoms with E-state index in [0.717, 1.165) is 22.7 Å². The monoisotopic (exact) mass is 339 g/mol. The fraction of sp³-hybridized carbons (Fsp3) is 0.263. The van der Waals surface area contributed by atoms with Gasteiger partial charge in [0.2, 0.25) is 5.82 Å². The van der Waals surface area contributed by atoms with Gasteiger partial charge in [-0.3, -0.25) is 4.90 Å². The standard InChI is InChI=1S/C19H21N3O3/c1-4-22(15-8-12-17(13-9-15)24-5-2)19-20-18(21-25-19)14-6-10-16(23-3)11-7-14/h6-13H,4-5H2,1-3H3. The van der Waals surface area contributed by atoms with Crippen molar-refractivity contribution in [1.82, 2.24) is 10.1 Å². The minimum Gasteiger partial charge on any atom is -0.497 e. The lowest BCUT2D eigenvalue weighted by Gasteiger charge is -2.18. The number of hydrogen-bond acceptors (Lipinski definition) is 6. The van der Waals surface area contributed by atoms with Crippen molar-refractivity contribution < 1.29 is 14.0 Å². The van der Waals surface area contributed by atoms with Gasteiger partial charge in [0.1, 0.15) is 11.5 Å². The van der Waals surface area contributed by atoms with Gasteiger partial charge in [0.15, 0.2) is 0 Å². The quantitative estimate of drug-likeness (QED) is 0.639. The summed E-state index contributed by atoms with van der Waals surface area (Å²) in [6.07, 6.45) is 0. The van der Waals surface area contributed by atoms with Crippen LogP contribution in [0.15, 0.2) is 53.1 Å². The molecule has 2 aromatic carbocycles. The molecule has 6 nitrogen and oxygen atoms in total. The number of ether oxygens (including phenoxy) is 2. The maximum atomic E-state index is 5.48. The van der Waals surface area contributed by atoms with Crippen LogP contribution in [-0.2, 0) is 0 Å². The molecule has 0 aliphatic carbocycles. The molecule has 0 radical (unpaired) electrons. The van der Waals surface area contributed by atoms with Crippen LogP contribution in [0.2, 0.25) is 0 Å². The predicted molar refractivity (Wildman–Crippen MR) is 96.6 cm³/mol. The summed E-state index contributed by atoms with van der Waals surface area (Å²) in [7, 11) is 1.64. The highest BCUT2D eigenvalue weighted by Crippen LogP contribution is 2.28. The number of anilines is 2. The van der Waals surface area contributed by atoms with Crippen LogP contribution in [0.25, 0.3) is 11.4 Å². The van der Waals surface area contributed by atoms with Gasteiger partial charge in [-0.05, 0) is 62.4 Å². The summed E-state index contributed by atoms with van der Waals surface area (Å²) in [6, 6.07) is 15.8. The average molecular weight is 339 g/mol. The van der Waals surface area contributed by atoms with Crippen LogP contribution in [0, 0.1) is 0 Å². The minimum absolute atomic E-state index is 0.456. The molecule has 3 aromatic rings. The largest absolute Gasteiger partial charge is 0.497 e. The first-order chi connectivity index (χ1) is 12.2. The molecule has 6 heteroatoms. The second-order valence-corrected chi connectivity index (χ2v) is 5.30. The van der Waals surface area contributed by atoms with Gasteiger partial charge in [-0.1, -0.05) is 5.16 Å². The third kappa shape index (κ3) is 3.74. The van der Waals surface area contributed by atoms with E-state index in [1.807, 2.05) is 67.3 Å². The molecular weight excluding hydrogens is 318 g/mol. The summed E-state index contributed by atoms with van der Waals surface area (Å²) in [6.45, 7) is 5.35. The Morgan fingerprint density at radius 2 is 1.64 bits per heavy atom. The molecule has 25 heavy (non-hydrogen) atoms. The first kappa shape index (κ1) is 16.8. The molecule has 0 bridgehead atoms. The van der Waals surface area contributed by atoms with Crippen LogP contribution in [0.4, 0.5) is 11.7 Å². The molecule has 0 atom stereocenters. The first-order valence-corrected chi connectivity index (χ1v) is 8.23. The van der Waals surface area contributed by atoms with Crippen LogP contribution >= 0.6 is 0 Å². The lowest BCUT2D eigenvalue weighted by molar-refractivity contribution is 0.340. The van der Waals surface area contributed by atoms with Crippen molar-refractivity contribution >= 4 is 11.7 Å². The summed E-state index contributed by atoms with van der Waals surface area (Å²) >= 11 is 0. The molecule has 130 valence electrons. The molecule has 0 amide bonds. The Bertz CT molecular complexity index is 798. The number of benzene rings is 2. The van der Waals surface area contributed by atoms with Gasteiger partial charge in [0.05, 0.1) is 13.7 Å². The number of methoxy groups -OCH3 is 1. The summed E-state index contributed by atoms with van der Waals surface area (Å²) in [5, 5.41) is 4.09. The van der Waals surface area contributed by atoms with Crippen molar-refractivity contribution in [2.45, 2.75) is 13.8 Å². The first-order valence-electron chi connectivity index (χ1n) is 8.23. The van der Waals surface area contributed by atoms with Crippen molar-refractivity contribution in [1.29, 1.82) is 0 Å². The van der Waals surface area contributed by atoms with Crippen LogP contribution in [0.5, 0.6) is 11.5 Å². The van der Waals surface area contributed by atoms with Crippen molar-refractivity contribution in [2.24, 2.45) is 0 Å². The van der Waals surface area contributed by atoms with Gasteiger partial charge in [-0.25, -0.2) is 0 Å². The van der Waals surface area contributed by atoms with Crippen LogP contribution in [-0.4, -0.2) is 30.4 Å². The van der Waals surface area contributed by atoms with Gasteiger partial charge in [-0.15, -0.1) is 0 Å². The Morgan fingerprint density at radius 1 is 0.960 bits per heavy atom. The van der Waals surface area contributed by atoms with Gasteiger partial charge < -0.3 is 14.0 Å². The normalized spacial score (nSPS) is 10.5. The fourth-order valence-electron chi connectivity index (χ4n) is 2.50. The second kappa shape index (κ2) is 7.70. The summed E-state index contributed by atoms with van der Waals surface area (Å²) in [5.41, 5.74) is 1.84. The zero-order valence-corrected chi connectivity index (χ0v) is 14.6. The molecule has 0 fully saturated rings. The third-order valence-electron chi connectivity index (χ3n) is 3.77. The van der Waals surface area contributed by atoms with Gasteiger partial charge >= 0.3 is 6.01 Å². The SMILES string of the molecule is CCOc1ccc(N(CC)c2nc(-c3ccc(OC)cc3)no2)cc1. The summed E-state index contributed by atoms with van der Waals surface area (Å²) < 4.78 is 16.1. The minimum atomic E-state index is 0.456. The van der Waals surface area contributed by atoms with Gasteiger partial charge in [-0.2, -0.15) is 4.98 Å². The topological polar surface area (TPSA) is 60.6 Å². The van der Waals surface area contributed by atoms with E-state index in [4.69, 9.17) is 14.0 Å². The number of rotatable bonds is 7. The molecule has 0 saturated carbocycles. The van der Waals surface area contributed by atoms with E-state index < -0.39 is 0 Å². The van der Waals surface area contributed by atoms with E-state index in [-0.39, 0.29) is 0 Å². The molecule has 0 unspecified atom stereocenters. The van der Waals surface area contributed by atoms with E-state index in [1.54, 1.807) is 7.11 Å². The van der Waals surface area contributed by atoms with E-state index in [2.05, 4.69) is 10.1 Å². The van der Waals surface area contributed by atoms with Gasteiger partial charge in [0.25, 0.3) is 0 Å². The fourth-order valence-corrected chi connectivity index (χ4v) is 2.50. The molecule has 0 saturated heterocycles. The zero-order chi connectivity index (χ0) is 17.6. The van der Waals surface area contributed by atoms with E-state index in [1.165, 1.54) is 0 Å². The number of hydrogen-bond donors (Lipinski definition) is 0. The summed E-state index contributed by atoms with van der Waals surface area (Å²) in [5.74, 6) is 2.17. The lowest BCUT2D eigenvalue weighted by atomic mass is 10.2. The molecule has 3 rings (SSSR count). The lowest BCUT2D eigenvalue weighted by Crippen LogP contribution is -2.16. The van der Waals surface area contributed by atoms with Crippen LogP contribution in [0.3, 0.4) is 0 Å². The third-order valence-corrected chi connectivity index (χ3v) is 3.77. The van der Waals surface area contributed by atoms with Crippen molar-refractivity contribution in [3.63, 3.8) is 0 Å². The maximum Gasteiger partial charge on any atom is 0.328 e. The van der Waals surface area contributed by atoms with Crippen molar-refractivity contribution in [2.75, 3.05) is 25.2 Å². The molecule has 1 heterocycles. The Kier molecular flexibility index (Phi) is 5.18. The smallest absolute Gasteiger partial charge is 0.328 e. The maximum absolute atomic E-state index is 5.48. The second-order valence-electron chi connectivity index (χ2n) is 5.30. The molecular formula is C19H21N3O3. The molecule has 0 aliphatic rings. The Labute approximate surface area is 147 Å². The van der Waals surface area contributed by atoms with Crippen LogP contribution in [0.1, 0.15) is 13.8 Å². The Balaban J connectivity index is 1.82. The van der Waals surface area contributed by atoms with Crippen LogP contribution < -0.4 is 14.4 Å². The average Bonchev–Trinajstić information content (AvgIpc) is 3.14. The summed E-state index contributed by atoms with van der Waals surface area (Å²) in [4.78, 5) is 6.47. The van der Waals surface area contributed by atoms with E-state index in [0.29, 0.717) is 25.0 Å². The highest BCUT2D eigenvalue weighted by atomic mass is 16.5. The Hall–Kier alpha value is -3.02. The zero-order valence-electron chi connectivity index (χ0n) is 14.6. The predicted octanol–water partition coefficient (Wildman–Crippen LogP) is 4.30. The molecule has 1 aromatic heterocycles. The van der Waals surface area contributed by atoms with Gasteiger partial charge in [0, 0.05) is 17.8 Å². The van der Waals surface area contributed by atoms with Crippen molar-refractivity contribution in [3.05, 3.63) is 48.5 Å². The van der Waals surface area contributed by atoms with E-state index in [9.17, 15) is 0 Å². The molecule has 0 aliphatic heterocycles. The number of nitrogens with zero attached hydrogens (tertiary/aromatic N) is 3. The molecule has 0 spiro atoms. The van der Waals surface area contributed by atoms with Crippen molar-refractivity contribution in [3.8, 4) is 22.9 Å². The molecule has 0 N–H and O–H groups in total. The van der Waals surface area contributed by atoms with E-state index >= 15 is 0 Å². The highest BCUT2D eigenvalue weighted by molar-refractivity contribution is 5.61. The Morgan fingerprint density at radius 3 is 2.24 bits per heavy atom.